The molecule has 0 bridgehead atoms. The molecule has 7 nitrogen and oxygen atoms in total. The molecule has 1 saturated carbocycles. The Morgan fingerprint density at radius 1 is 1.18 bits per heavy atom. The number of nitrogens with one attached hydrogen (secondary N) is 1. The number of carbonyl (C=O) groups excluding carboxylic acids is 2. The summed E-state index contributed by atoms with van der Waals surface area (Å²) in [6.45, 7) is 1.04. The number of carbonyl (C=O) groups is 2. The summed E-state index contributed by atoms with van der Waals surface area (Å²) in [6, 6.07) is 5.29. The predicted molar refractivity (Wildman–Crippen MR) is 104 cm³/mol. The maximum absolute atomic E-state index is 13.4. The van der Waals surface area contributed by atoms with Crippen molar-refractivity contribution >= 4 is 27.5 Å². The van der Waals surface area contributed by atoms with Crippen molar-refractivity contribution in [1.82, 2.24) is 9.62 Å². The standard InChI is InChI=1S/C19H26FN3O4S/c1-19(18(25)21-15-6-4-3-5-7-15)13-22(28(2,26)27)12-17(24)23(19)16-10-8-14(20)9-11-16/h8-11,15H,3-7,12-13H2,1-2H3,(H,21,25). The van der Waals surface area contributed by atoms with Gasteiger partial charge in [-0.1, -0.05) is 19.3 Å². The molecule has 154 valence electrons. The lowest BCUT2D eigenvalue weighted by molar-refractivity contribution is -0.133. The fourth-order valence-corrected chi connectivity index (χ4v) is 4.81. The Labute approximate surface area is 164 Å². The van der Waals surface area contributed by atoms with Gasteiger partial charge in [-0.25, -0.2) is 12.8 Å². The first-order chi connectivity index (χ1) is 13.1. The number of amides is 2. The largest absolute Gasteiger partial charge is 0.351 e. The van der Waals surface area contributed by atoms with Crippen LogP contribution in [-0.2, 0) is 19.6 Å². The van der Waals surface area contributed by atoms with Crippen LogP contribution in [0.5, 0.6) is 0 Å². The van der Waals surface area contributed by atoms with E-state index in [0.29, 0.717) is 5.69 Å². The lowest BCUT2D eigenvalue weighted by Crippen LogP contribution is -2.70. The van der Waals surface area contributed by atoms with Crippen molar-refractivity contribution in [3.05, 3.63) is 30.1 Å². The van der Waals surface area contributed by atoms with E-state index < -0.39 is 33.2 Å². The van der Waals surface area contributed by atoms with E-state index in [1.165, 1.54) is 29.2 Å². The topological polar surface area (TPSA) is 86.8 Å². The van der Waals surface area contributed by atoms with Gasteiger partial charge < -0.3 is 5.32 Å². The van der Waals surface area contributed by atoms with Gasteiger partial charge in [0.15, 0.2) is 0 Å². The molecule has 1 atom stereocenters. The molecule has 1 saturated heterocycles. The van der Waals surface area contributed by atoms with E-state index in [1.807, 2.05) is 0 Å². The highest BCUT2D eigenvalue weighted by atomic mass is 32.2. The van der Waals surface area contributed by atoms with Gasteiger partial charge in [-0.2, -0.15) is 4.31 Å². The lowest BCUT2D eigenvalue weighted by Gasteiger charge is -2.47. The van der Waals surface area contributed by atoms with Gasteiger partial charge in [0.2, 0.25) is 21.8 Å². The predicted octanol–water partition coefficient (Wildman–Crippen LogP) is 1.64. The highest BCUT2D eigenvalue weighted by molar-refractivity contribution is 7.88. The summed E-state index contributed by atoms with van der Waals surface area (Å²) < 4.78 is 38.6. The maximum Gasteiger partial charge on any atom is 0.247 e. The van der Waals surface area contributed by atoms with E-state index in [0.717, 1.165) is 42.7 Å². The molecule has 3 rings (SSSR count). The minimum Gasteiger partial charge on any atom is -0.351 e. The van der Waals surface area contributed by atoms with Gasteiger partial charge in [0.1, 0.15) is 11.4 Å². The van der Waals surface area contributed by atoms with Gasteiger partial charge in [-0.05, 0) is 44.0 Å². The van der Waals surface area contributed by atoms with Crippen LogP contribution in [0.1, 0.15) is 39.0 Å². The molecule has 2 fully saturated rings. The zero-order valence-corrected chi connectivity index (χ0v) is 17.0. The van der Waals surface area contributed by atoms with Crippen molar-refractivity contribution in [3.63, 3.8) is 0 Å². The number of hydrogen-bond acceptors (Lipinski definition) is 4. The van der Waals surface area contributed by atoms with Crippen molar-refractivity contribution in [2.75, 3.05) is 24.2 Å². The monoisotopic (exact) mass is 411 g/mol. The third-order valence-electron chi connectivity index (χ3n) is 5.52. The van der Waals surface area contributed by atoms with Crippen molar-refractivity contribution in [1.29, 1.82) is 0 Å². The lowest BCUT2D eigenvalue weighted by atomic mass is 9.91. The summed E-state index contributed by atoms with van der Waals surface area (Å²) in [6.07, 6.45) is 5.93. The number of hydrogen-bond donors (Lipinski definition) is 1. The Kier molecular flexibility index (Phi) is 5.77. The van der Waals surface area contributed by atoms with Crippen molar-refractivity contribution in [2.24, 2.45) is 0 Å². The molecular formula is C19H26FN3O4S. The Balaban J connectivity index is 1.96. The van der Waals surface area contributed by atoms with Crippen LogP contribution in [0.4, 0.5) is 10.1 Å². The molecule has 1 aliphatic carbocycles. The number of benzene rings is 1. The first-order valence-corrected chi connectivity index (χ1v) is 11.3. The number of rotatable bonds is 4. The van der Waals surface area contributed by atoms with Gasteiger partial charge in [0.25, 0.3) is 0 Å². The Morgan fingerprint density at radius 2 is 1.79 bits per heavy atom. The Bertz CT molecular complexity index is 852. The number of halogens is 1. The molecule has 2 amide bonds. The van der Waals surface area contributed by atoms with Crippen LogP contribution in [0.2, 0.25) is 0 Å². The van der Waals surface area contributed by atoms with Crippen molar-refractivity contribution in [3.8, 4) is 0 Å². The van der Waals surface area contributed by atoms with Crippen LogP contribution < -0.4 is 10.2 Å². The first-order valence-electron chi connectivity index (χ1n) is 9.46. The second kappa shape index (κ2) is 7.79. The van der Waals surface area contributed by atoms with Crippen LogP contribution >= 0.6 is 0 Å². The molecule has 1 N–H and O–H groups in total. The number of sulfonamides is 1. The second-order valence-corrected chi connectivity index (χ2v) is 9.80. The van der Waals surface area contributed by atoms with Crippen LogP contribution in [0.3, 0.4) is 0 Å². The molecule has 2 aliphatic rings. The quantitative estimate of drug-likeness (QED) is 0.816. The van der Waals surface area contributed by atoms with Crippen LogP contribution in [0.25, 0.3) is 0 Å². The van der Waals surface area contributed by atoms with Gasteiger partial charge in [0, 0.05) is 18.3 Å². The SMILES string of the molecule is CC1(C(=O)NC2CCCCC2)CN(S(C)(=O)=O)CC(=O)N1c1ccc(F)cc1. The zero-order chi connectivity index (χ0) is 20.5. The first kappa shape index (κ1) is 20.7. The van der Waals surface area contributed by atoms with Crippen LogP contribution in [-0.4, -0.2) is 55.5 Å². The normalized spacial score (nSPS) is 25.0. The molecule has 28 heavy (non-hydrogen) atoms. The third kappa shape index (κ3) is 4.20. The van der Waals surface area contributed by atoms with Gasteiger partial charge in [-0.3, -0.25) is 14.5 Å². The molecule has 0 radical (unpaired) electrons. The van der Waals surface area contributed by atoms with Crippen LogP contribution in [0.15, 0.2) is 24.3 Å². The van der Waals surface area contributed by atoms with E-state index in [2.05, 4.69) is 5.32 Å². The molecular weight excluding hydrogens is 385 g/mol. The van der Waals surface area contributed by atoms with E-state index in [4.69, 9.17) is 0 Å². The molecule has 1 aliphatic heterocycles. The zero-order valence-electron chi connectivity index (χ0n) is 16.2. The van der Waals surface area contributed by atoms with Gasteiger partial charge >= 0.3 is 0 Å². The Morgan fingerprint density at radius 3 is 2.36 bits per heavy atom. The summed E-state index contributed by atoms with van der Waals surface area (Å²) >= 11 is 0. The third-order valence-corrected chi connectivity index (χ3v) is 6.72. The minimum atomic E-state index is -3.66. The highest BCUT2D eigenvalue weighted by Crippen LogP contribution is 2.31. The Hall–Kier alpha value is -2.00. The van der Waals surface area contributed by atoms with Gasteiger partial charge in [-0.15, -0.1) is 0 Å². The summed E-state index contributed by atoms with van der Waals surface area (Å²) in [7, 11) is -3.66. The molecule has 1 aromatic rings. The molecule has 1 unspecified atom stereocenters. The van der Waals surface area contributed by atoms with E-state index >= 15 is 0 Å². The van der Waals surface area contributed by atoms with E-state index in [-0.39, 0.29) is 19.1 Å². The molecule has 0 aromatic heterocycles. The summed E-state index contributed by atoms with van der Waals surface area (Å²) in [5.41, 5.74) is -1.07. The number of nitrogens with zero attached hydrogens (tertiary/aromatic N) is 2. The maximum atomic E-state index is 13.4. The molecule has 1 heterocycles. The highest BCUT2D eigenvalue weighted by Gasteiger charge is 2.50. The molecule has 0 spiro atoms. The smallest absolute Gasteiger partial charge is 0.247 e. The van der Waals surface area contributed by atoms with Crippen molar-refractivity contribution < 1.29 is 22.4 Å². The average molecular weight is 411 g/mol. The average Bonchev–Trinajstić information content (AvgIpc) is 2.63. The van der Waals surface area contributed by atoms with Crippen molar-refractivity contribution in [2.45, 2.75) is 50.6 Å². The number of piperazine rings is 1. The molecule has 1 aromatic carbocycles. The van der Waals surface area contributed by atoms with E-state index in [1.54, 1.807) is 6.92 Å². The number of anilines is 1. The fraction of sp³-hybridized carbons (Fsp3) is 0.579. The summed E-state index contributed by atoms with van der Waals surface area (Å²) in [4.78, 5) is 27.4. The van der Waals surface area contributed by atoms with E-state index in [9.17, 15) is 22.4 Å². The van der Waals surface area contributed by atoms with Gasteiger partial charge in [0.05, 0.1) is 12.8 Å². The second-order valence-electron chi connectivity index (χ2n) is 7.82. The van der Waals surface area contributed by atoms with Crippen LogP contribution in [0, 0.1) is 5.82 Å². The summed E-state index contributed by atoms with van der Waals surface area (Å²) in [5, 5.41) is 3.00. The fourth-order valence-electron chi connectivity index (χ4n) is 3.98. The molecule has 9 heteroatoms. The minimum absolute atomic E-state index is 0.0110. The summed E-state index contributed by atoms with van der Waals surface area (Å²) in [5.74, 6) is -1.38.